The van der Waals surface area contributed by atoms with Crippen LogP contribution in [-0.4, -0.2) is 5.71 Å². The SMILES string of the molecule is CC(C)C1=C[N]N=C1C1CC1. The van der Waals surface area contributed by atoms with Gasteiger partial charge >= 0.3 is 0 Å². The predicted octanol–water partition coefficient (Wildman–Crippen LogP) is 1.91. The number of hydrogen-bond donors (Lipinski definition) is 0. The van der Waals surface area contributed by atoms with Gasteiger partial charge in [0, 0.05) is 5.92 Å². The highest BCUT2D eigenvalue weighted by Gasteiger charge is 2.32. The monoisotopic (exact) mass is 149 g/mol. The van der Waals surface area contributed by atoms with Crippen LogP contribution in [0.2, 0.25) is 0 Å². The van der Waals surface area contributed by atoms with E-state index in [-0.39, 0.29) is 0 Å². The van der Waals surface area contributed by atoms with E-state index in [0.717, 1.165) is 5.92 Å². The van der Waals surface area contributed by atoms with Gasteiger partial charge in [0.1, 0.15) is 0 Å². The number of nitrogens with zero attached hydrogens (tertiary/aromatic N) is 2. The van der Waals surface area contributed by atoms with Crippen LogP contribution in [0.5, 0.6) is 0 Å². The van der Waals surface area contributed by atoms with Crippen LogP contribution in [0.25, 0.3) is 0 Å². The number of allylic oxidation sites excluding steroid dienone is 1. The molecule has 1 radical (unpaired) electrons. The van der Waals surface area contributed by atoms with Crippen molar-refractivity contribution in [2.45, 2.75) is 26.7 Å². The molecule has 1 saturated carbocycles. The third kappa shape index (κ3) is 1.17. The smallest absolute Gasteiger partial charge is 0.0711 e. The third-order valence-corrected chi connectivity index (χ3v) is 2.24. The van der Waals surface area contributed by atoms with Crippen LogP contribution in [0.1, 0.15) is 26.7 Å². The Morgan fingerprint density at radius 3 is 2.73 bits per heavy atom. The van der Waals surface area contributed by atoms with Crippen LogP contribution in [0.3, 0.4) is 0 Å². The lowest BCUT2D eigenvalue weighted by Gasteiger charge is -2.06. The van der Waals surface area contributed by atoms with Crippen molar-refractivity contribution in [3.63, 3.8) is 0 Å². The molecule has 0 spiro atoms. The van der Waals surface area contributed by atoms with E-state index in [1.807, 2.05) is 6.20 Å². The molecule has 2 heteroatoms. The van der Waals surface area contributed by atoms with Crippen molar-refractivity contribution in [1.29, 1.82) is 0 Å². The van der Waals surface area contributed by atoms with Gasteiger partial charge in [0.25, 0.3) is 0 Å². The summed E-state index contributed by atoms with van der Waals surface area (Å²) in [5.74, 6) is 1.33. The summed E-state index contributed by atoms with van der Waals surface area (Å²) in [4.78, 5) is 0. The van der Waals surface area contributed by atoms with Gasteiger partial charge in [-0.15, -0.1) is 0 Å². The van der Waals surface area contributed by atoms with Gasteiger partial charge in [0.2, 0.25) is 0 Å². The van der Waals surface area contributed by atoms with Crippen molar-refractivity contribution >= 4 is 5.71 Å². The second-order valence-corrected chi connectivity index (χ2v) is 3.61. The molecule has 2 rings (SSSR count). The van der Waals surface area contributed by atoms with Gasteiger partial charge in [-0.05, 0) is 24.3 Å². The van der Waals surface area contributed by atoms with Crippen LogP contribution in [0, 0.1) is 11.8 Å². The van der Waals surface area contributed by atoms with Gasteiger partial charge < -0.3 is 0 Å². The Kier molecular flexibility index (Phi) is 1.48. The molecule has 0 amide bonds. The Labute approximate surface area is 67.4 Å². The van der Waals surface area contributed by atoms with Crippen LogP contribution >= 0.6 is 0 Å². The van der Waals surface area contributed by atoms with Gasteiger partial charge in [-0.25, -0.2) is 0 Å². The minimum Gasteiger partial charge on any atom is -0.159 e. The van der Waals surface area contributed by atoms with E-state index in [0.29, 0.717) is 5.92 Å². The summed E-state index contributed by atoms with van der Waals surface area (Å²) < 4.78 is 0. The molecule has 2 nitrogen and oxygen atoms in total. The van der Waals surface area contributed by atoms with E-state index in [2.05, 4.69) is 24.4 Å². The molecule has 1 aliphatic heterocycles. The molecule has 1 fully saturated rings. The summed E-state index contributed by atoms with van der Waals surface area (Å²) in [5.41, 5.74) is 6.57. The Hall–Kier alpha value is -0.790. The van der Waals surface area contributed by atoms with E-state index < -0.39 is 0 Å². The summed E-state index contributed by atoms with van der Waals surface area (Å²) in [7, 11) is 0. The third-order valence-electron chi connectivity index (χ3n) is 2.24. The standard InChI is InChI=1S/C9H13N2/c1-6(2)8-5-10-11-9(8)7-3-4-7/h5-7H,3-4H2,1-2H3. The van der Waals surface area contributed by atoms with Crippen molar-refractivity contribution in [3.8, 4) is 0 Å². The molecule has 0 aromatic heterocycles. The minimum absolute atomic E-state index is 0.584. The maximum Gasteiger partial charge on any atom is 0.0711 e. The fourth-order valence-corrected chi connectivity index (χ4v) is 1.40. The Morgan fingerprint density at radius 1 is 1.45 bits per heavy atom. The first-order valence-electron chi connectivity index (χ1n) is 4.27. The second-order valence-electron chi connectivity index (χ2n) is 3.61. The second kappa shape index (κ2) is 2.36. The highest BCUT2D eigenvalue weighted by molar-refractivity contribution is 6.04. The summed E-state index contributed by atoms with van der Waals surface area (Å²) in [5, 5.41) is 4.15. The lowest BCUT2D eigenvalue weighted by atomic mass is 9.97. The fourth-order valence-electron chi connectivity index (χ4n) is 1.40. The van der Waals surface area contributed by atoms with Crippen LogP contribution in [-0.2, 0) is 0 Å². The molecule has 0 aromatic carbocycles. The number of rotatable bonds is 2. The lowest BCUT2D eigenvalue weighted by molar-refractivity contribution is 0.796. The maximum atomic E-state index is 4.15. The zero-order chi connectivity index (χ0) is 7.84. The highest BCUT2D eigenvalue weighted by atomic mass is 15.3. The highest BCUT2D eigenvalue weighted by Crippen LogP contribution is 2.36. The quantitative estimate of drug-likeness (QED) is 0.573. The first-order valence-corrected chi connectivity index (χ1v) is 4.27. The largest absolute Gasteiger partial charge is 0.159 e. The van der Waals surface area contributed by atoms with Crippen molar-refractivity contribution in [1.82, 2.24) is 5.43 Å². The van der Waals surface area contributed by atoms with Crippen molar-refractivity contribution < 1.29 is 0 Å². The van der Waals surface area contributed by atoms with Crippen molar-refractivity contribution in [2.75, 3.05) is 0 Å². The van der Waals surface area contributed by atoms with Crippen molar-refractivity contribution in [3.05, 3.63) is 11.8 Å². The van der Waals surface area contributed by atoms with E-state index in [4.69, 9.17) is 0 Å². The summed E-state index contributed by atoms with van der Waals surface area (Å²) in [6.07, 6.45) is 4.55. The first kappa shape index (κ1) is 6.89. The molecule has 11 heavy (non-hydrogen) atoms. The molecule has 0 atom stereocenters. The Balaban J connectivity index is 2.14. The minimum atomic E-state index is 0.584. The molecule has 0 bridgehead atoms. The van der Waals surface area contributed by atoms with Gasteiger partial charge in [-0.1, -0.05) is 13.8 Å². The molecule has 0 unspecified atom stereocenters. The van der Waals surface area contributed by atoms with E-state index in [9.17, 15) is 0 Å². The molecular weight excluding hydrogens is 136 g/mol. The van der Waals surface area contributed by atoms with Crippen molar-refractivity contribution in [2.24, 2.45) is 16.9 Å². The molecule has 0 N–H and O–H groups in total. The average molecular weight is 149 g/mol. The van der Waals surface area contributed by atoms with Crippen LogP contribution in [0.4, 0.5) is 0 Å². The van der Waals surface area contributed by atoms with E-state index in [1.54, 1.807) is 0 Å². The average Bonchev–Trinajstić information content (AvgIpc) is 2.68. The predicted molar refractivity (Wildman–Crippen MR) is 45.2 cm³/mol. The molecule has 0 saturated heterocycles. The molecule has 1 heterocycles. The molecule has 2 aliphatic rings. The normalized spacial score (nSPS) is 23.2. The number of hydrogen-bond acceptors (Lipinski definition) is 1. The Morgan fingerprint density at radius 2 is 2.18 bits per heavy atom. The topological polar surface area (TPSA) is 26.5 Å². The summed E-state index contributed by atoms with van der Waals surface area (Å²) in [6, 6.07) is 0. The first-order chi connectivity index (χ1) is 5.29. The van der Waals surface area contributed by atoms with Gasteiger partial charge in [-0.3, -0.25) is 0 Å². The zero-order valence-corrected chi connectivity index (χ0v) is 7.04. The zero-order valence-electron chi connectivity index (χ0n) is 7.04. The molecular formula is C9H13N2. The molecule has 1 aliphatic carbocycles. The summed E-state index contributed by atoms with van der Waals surface area (Å²) >= 11 is 0. The fraction of sp³-hybridized carbons (Fsp3) is 0.667. The summed E-state index contributed by atoms with van der Waals surface area (Å²) in [6.45, 7) is 4.40. The van der Waals surface area contributed by atoms with Gasteiger partial charge in [-0.2, -0.15) is 10.5 Å². The van der Waals surface area contributed by atoms with Gasteiger partial charge in [0.05, 0.1) is 11.9 Å². The van der Waals surface area contributed by atoms with Crippen LogP contribution < -0.4 is 5.43 Å². The lowest BCUT2D eigenvalue weighted by Crippen LogP contribution is -2.07. The van der Waals surface area contributed by atoms with Gasteiger partial charge in [0.15, 0.2) is 0 Å². The van der Waals surface area contributed by atoms with E-state index in [1.165, 1.54) is 24.1 Å². The molecule has 59 valence electrons. The molecule has 0 aromatic rings. The van der Waals surface area contributed by atoms with Crippen LogP contribution in [0.15, 0.2) is 16.9 Å². The van der Waals surface area contributed by atoms with E-state index >= 15 is 0 Å². The maximum absolute atomic E-state index is 4.15. The Bertz CT molecular complexity index is 206.